The Balaban J connectivity index is 2.20. The van der Waals surface area contributed by atoms with Crippen molar-refractivity contribution in [2.45, 2.75) is 37.8 Å². The smallest absolute Gasteiger partial charge is 0.408 e. The van der Waals surface area contributed by atoms with E-state index in [0.717, 1.165) is 0 Å². The number of allylic oxidation sites excluding steroid dienone is 1. The summed E-state index contributed by atoms with van der Waals surface area (Å²) in [6.07, 6.45) is 2.94. The molecule has 2 heterocycles. The summed E-state index contributed by atoms with van der Waals surface area (Å²) in [6.45, 7) is 5.24. The van der Waals surface area contributed by atoms with Gasteiger partial charge in [-0.2, -0.15) is 0 Å². The monoisotopic (exact) mass is 383 g/mol. The van der Waals surface area contributed by atoms with Gasteiger partial charge in [0, 0.05) is 19.8 Å². The molecule has 0 aromatic heterocycles. The van der Waals surface area contributed by atoms with E-state index in [1.165, 1.54) is 23.8 Å². The Morgan fingerprint density at radius 2 is 2.00 bits per heavy atom. The fourth-order valence-electron chi connectivity index (χ4n) is 2.53. The quantitative estimate of drug-likeness (QED) is 0.578. The number of carbonyl (C=O) groups excluding carboxylic acids is 3. The van der Waals surface area contributed by atoms with E-state index in [1.807, 2.05) is 19.0 Å². The van der Waals surface area contributed by atoms with Crippen LogP contribution in [0.4, 0.5) is 4.79 Å². The first-order chi connectivity index (χ1) is 12.0. The van der Waals surface area contributed by atoms with Crippen LogP contribution in [-0.2, 0) is 19.1 Å². The molecule has 0 radical (unpaired) electrons. The van der Waals surface area contributed by atoms with Gasteiger partial charge in [-0.25, -0.2) is 9.59 Å². The number of methoxy groups -OCH3 is 1. The van der Waals surface area contributed by atoms with Gasteiger partial charge in [0.05, 0.1) is 7.11 Å². The molecule has 0 bridgehead atoms. The zero-order valence-corrected chi connectivity index (χ0v) is 16.7. The topological polar surface area (TPSA) is 88.2 Å². The Hall–Kier alpha value is -2.16. The van der Waals surface area contributed by atoms with Gasteiger partial charge >= 0.3 is 12.1 Å². The van der Waals surface area contributed by atoms with E-state index in [2.05, 4.69) is 5.32 Å². The number of fused-ring (bicyclic) bond motifs is 1. The second kappa shape index (κ2) is 7.61. The molecule has 8 nitrogen and oxygen atoms in total. The first-order valence-corrected chi connectivity index (χ1v) is 9.20. The zero-order valence-electron chi connectivity index (χ0n) is 15.9. The first-order valence-electron chi connectivity index (χ1n) is 8.15. The lowest BCUT2D eigenvalue weighted by Gasteiger charge is -2.49. The highest BCUT2D eigenvalue weighted by Crippen LogP contribution is 2.41. The lowest BCUT2D eigenvalue weighted by atomic mass is 10.0. The van der Waals surface area contributed by atoms with Crippen LogP contribution in [0.25, 0.3) is 0 Å². The molecule has 2 unspecified atom stereocenters. The minimum atomic E-state index is -0.728. The average molecular weight is 383 g/mol. The summed E-state index contributed by atoms with van der Waals surface area (Å²) in [4.78, 5) is 40.0. The number of nitrogens with zero attached hydrogens (tertiary/aromatic N) is 2. The molecule has 1 saturated heterocycles. The summed E-state index contributed by atoms with van der Waals surface area (Å²) in [5.41, 5.74) is 0.273. The highest BCUT2D eigenvalue weighted by atomic mass is 32.2. The van der Waals surface area contributed by atoms with Crippen molar-refractivity contribution >= 4 is 29.7 Å². The van der Waals surface area contributed by atoms with E-state index in [4.69, 9.17) is 9.47 Å². The highest BCUT2D eigenvalue weighted by molar-refractivity contribution is 8.00. The van der Waals surface area contributed by atoms with Crippen LogP contribution in [0, 0.1) is 0 Å². The Bertz CT molecular complexity index is 666. The van der Waals surface area contributed by atoms with Crippen molar-refractivity contribution in [3.63, 3.8) is 0 Å². The SMILES string of the molecule is COC(=O)C1=C(C=CN(C)C)CSC2C(NC(=O)OC(C)(C)C)C(=O)N12. The number of esters is 1. The number of alkyl carbamates (subject to hydrolysis) is 1. The molecule has 2 aliphatic rings. The number of rotatable bonds is 4. The third kappa shape index (κ3) is 4.32. The third-order valence-electron chi connectivity index (χ3n) is 3.62. The Morgan fingerprint density at radius 3 is 2.54 bits per heavy atom. The van der Waals surface area contributed by atoms with Gasteiger partial charge in [0.2, 0.25) is 0 Å². The van der Waals surface area contributed by atoms with E-state index in [9.17, 15) is 14.4 Å². The maximum atomic E-state index is 12.6. The summed E-state index contributed by atoms with van der Waals surface area (Å²) in [6, 6.07) is -0.728. The van der Waals surface area contributed by atoms with E-state index in [1.54, 1.807) is 33.0 Å². The van der Waals surface area contributed by atoms with Gasteiger partial charge in [0.1, 0.15) is 22.7 Å². The van der Waals surface area contributed by atoms with Gasteiger partial charge < -0.3 is 19.7 Å². The highest BCUT2D eigenvalue weighted by Gasteiger charge is 2.54. The first kappa shape index (κ1) is 20.2. The number of β-lactam (4-membered cyclic amide) rings is 1. The molecule has 26 heavy (non-hydrogen) atoms. The van der Waals surface area contributed by atoms with Crippen LogP contribution in [0.2, 0.25) is 0 Å². The van der Waals surface area contributed by atoms with Crippen LogP contribution in [-0.4, -0.2) is 71.7 Å². The molecule has 0 saturated carbocycles. The summed E-state index contributed by atoms with van der Waals surface area (Å²) in [5.74, 6) is -0.405. The maximum Gasteiger partial charge on any atom is 0.408 e. The number of ether oxygens (including phenoxy) is 2. The van der Waals surface area contributed by atoms with E-state index in [0.29, 0.717) is 11.3 Å². The Kier molecular flexibility index (Phi) is 5.90. The molecule has 2 amide bonds. The van der Waals surface area contributed by atoms with Crippen LogP contribution in [0.5, 0.6) is 0 Å². The minimum absolute atomic E-state index is 0.224. The van der Waals surface area contributed by atoms with Gasteiger partial charge in [-0.05, 0) is 38.6 Å². The standard InChI is InChI=1S/C17H25N3O5S/c1-17(2,3)25-16(23)18-11-13(21)20-12(15(22)24-6)10(7-8-19(4)5)9-26-14(11)20/h7-8,11,14H,9H2,1-6H3,(H,18,23). The predicted molar refractivity (Wildman–Crippen MR) is 98.1 cm³/mol. The second-order valence-electron chi connectivity index (χ2n) is 7.18. The van der Waals surface area contributed by atoms with Gasteiger partial charge in [-0.3, -0.25) is 9.69 Å². The number of hydrogen-bond acceptors (Lipinski definition) is 7. The molecule has 9 heteroatoms. The van der Waals surface area contributed by atoms with Crippen LogP contribution >= 0.6 is 11.8 Å². The largest absolute Gasteiger partial charge is 0.464 e. The van der Waals surface area contributed by atoms with Crippen LogP contribution in [0.15, 0.2) is 23.5 Å². The molecular formula is C17H25N3O5S. The van der Waals surface area contributed by atoms with Gasteiger partial charge in [0.15, 0.2) is 0 Å². The van der Waals surface area contributed by atoms with Crippen LogP contribution < -0.4 is 5.32 Å². The molecule has 0 aliphatic carbocycles. The zero-order chi connectivity index (χ0) is 19.6. The Labute approximate surface area is 157 Å². The molecule has 2 atom stereocenters. The van der Waals surface area contributed by atoms with Crippen LogP contribution in [0.1, 0.15) is 20.8 Å². The lowest BCUT2D eigenvalue weighted by molar-refractivity contribution is -0.150. The minimum Gasteiger partial charge on any atom is -0.464 e. The fourth-order valence-corrected chi connectivity index (χ4v) is 3.85. The van der Waals surface area contributed by atoms with Crippen molar-refractivity contribution in [3.8, 4) is 0 Å². The normalized spacial score (nSPS) is 22.7. The molecule has 0 aromatic rings. The average Bonchev–Trinajstić information content (AvgIpc) is 2.54. The van der Waals surface area contributed by atoms with Crippen molar-refractivity contribution in [3.05, 3.63) is 23.5 Å². The lowest BCUT2D eigenvalue weighted by Crippen LogP contribution is -2.70. The van der Waals surface area contributed by atoms with Crippen LogP contribution in [0.3, 0.4) is 0 Å². The van der Waals surface area contributed by atoms with Gasteiger partial charge in [-0.15, -0.1) is 11.8 Å². The molecule has 2 aliphatic heterocycles. The molecule has 2 rings (SSSR count). The van der Waals surface area contributed by atoms with E-state index < -0.39 is 23.7 Å². The van der Waals surface area contributed by atoms with Gasteiger partial charge in [-0.1, -0.05) is 0 Å². The van der Waals surface area contributed by atoms with Crippen molar-refractivity contribution in [1.29, 1.82) is 0 Å². The number of nitrogens with one attached hydrogen (secondary N) is 1. The summed E-state index contributed by atoms with van der Waals surface area (Å²) in [5, 5.41) is 2.23. The summed E-state index contributed by atoms with van der Waals surface area (Å²) >= 11 is 1.48. The number of amides is 2. The second-order valence-corrected chi connectivity index (χ2v) is 8.28. The molecule has 1 fully saturated rings. The van der Waals surface area contributed by atoms with Crippen molar-refractivity contribution in [2.24, 2.45) is 0 Å². The van der Waals surface area contributed by atoms with Gasteiger partial charge in [0.25, 0.3) is 5.91 Å². The number of hydrogen-bond donors (Lipinski definition) is 1. The van der Waals surface area contributed by atoms with E-state index in [-0.39, 0.29) is 17.0 Å². The number of carbonyl (C=O) groups is 3. The van der Waals surface area contributed by atoms with Crippen molar-refractivity contribution in [1.82, 2.24) is 15.1 Å². The predicted octanol–water partition coefficient (Wildman–Crippen LogP) is 1.30. The number of thioether (sulfide) groups is 1. The molecule has 0 spiro atoms. The summed E-state index contributed by atoms with van der Waals surface area (Å²) in [7, 11) is 5.01. The maximum absolute atomic E-state index is 12.6. The third-order valence-corrected chi connectivity index (χ3v) is 4.92. The molecule has 1 N–H and O–H groups in total. The summed E-state index contributed by atoms with van der Waals surface area (Å²) < 4.78 is 10.1. The molecular weight excluding hydrogens is 358 g/mol. The molecule has 0 aromatic carbocycles. The Morgan fingerprint density at radius 1 is 1.35 bits per heavy atom. The molecule has 144 valence electrons. The van der Waals surface area contributed by atoms with Crippen molar-refractivity contribution < 1.29 is 23.9 Å². The van der Waals surface area contributed by atoms with Crippen molar-refractivity contribution in [2.75, 3.05) is 27.0 Å². The van der Waals surface area contributed by atoms with E-state index >= 15 is 0 Å². The fraction of sp³-hybridized carbons (Fsp3) is 0.588.